The average molecular weight is 349 g/mol. The van der Waals surface area contributed by atoms with E-state index < -0.39 is 23.6 Å². The summed E-state index contributed by atoms with van der Waals surface area (Å²) >= 11 is 5.83. The van der Waals surface area contributed by atoms with Gasteiger partial charge in [-0.15, -0.1) is 0 Å². The van der Waals surface area contributed by atoms with Crippen LogP contribution in [0, 0.1) is 11.7 Å². The lowest BCUT2D eigenvalue weighted by Gasteiger charge is -2.36. The van der Waals surface area contributed by atoms with Crippen LogP contribution in [0.2, 0.25) is 5.02 Å². The number of carboxylic acid groups (broad SMARTS) is 1. The molecule has 0 radical (unpaired) electrons. The van der Waals surface area contributed by atoms with Crippen molar-refractivity contribution in [3.63, 3.8) is 0 Å². The zero-order valence-corrected chi connectivity index (χ0v) is 13.3. The Kier molecular flexibility index (Phi) is 4.49. The summed E-state index contributed by atoms with van der Waals surface area (Å²) in [6, 6.07) is 8.84. The second-order valence-electron chi connectivity index (χ2n) is 5.64. The van der Waals surface area contributed by atoms with Crippen molar-refractivity contribution in [1.82, 2.24) is 4.98 Å². The molecule has 3 rings (SSSR count). The van der Waals surface area contributed by atoms with Gasteiger partial charge in [0, 0.05) is 36.5 Å². The predicted octanol–water partition coefficient (Wildman–Crippen LogP) is 3.10. The van der Waals surface area contributed by atoms with Gasteiger partial charge in [0.1, 0.15) is 5.82 Å². The van der Waals surface area contributed by atoms with Gasteiger partial charge in [-0.2, -0.15) is 0 Å². The number of carbonyl (C=O) groups excluding carboxylic acids is 1. The molecule has 124 valence electrons. The molecule has 1 aromatic heterocycles. The van der Waals surface area contributed by atoms with E-state index >= 15 is 0 Å². The zero-order chi connectivity index (χ0) is 17.3. The fourth-order valence-corrected chi connectivity index (χ4v) is 3.01. The number of carbonyl (C=O) groups is 2. The van der Waals surface area contributed by atoms with Crippen molar-refractivity contribution in [3.8, 4) is 0 Å². The molecule has 0 aliphatic carbocycles. The van der Waals surface area contributed by atoms with E-state index in [9.17, 15) is 19.1 Å². The van der Waals surface area contributed by atoms with Crippen LogP contribution in [0.1, 0.15) is 18.0 Å². The van der Waals surface area contributed by atoms with Crippen LogP contribution in [0.4, 0.5) is 10.1 Å². The molecule has 2 aromatic rings. The van der Waals surface area contributed by atoms with Gasteiger partial charge in [-0.25, -0.2) is 4.39 Å². The number of aliphatic carboxylic acids is 1. The van der Waals surface area contributed by atoms with Crippen molar-refractivity contribution in [2.75, 3.05) is 11.4 Å². The van der Waals surface area contributed by atoms with Crippen molar-refractivity contribution >= 4 is 29.2 Å². The Morgan fingerprint density at radius 1 is 1.25 bits per heavy atom. The lowest BCUT2D eigenvalue weighted by Crippen LogP contribution is -2.46. The molecule has 1 fully saturated rings. The van der Waals surface area contributed by atoms with Crippen LogP contribution in [0.5, 0.6) is 0 Å². The summed E-state index contributed by atoms with van der Waals surface area (Å²) in [5.41, 5.74) is 1.09. The maximum Gasteiger partial charge on any atom is 0.307 e. The molecule has 1 saturated heterocycles. The summed E-state index contributed by atoms with van der Waals surface area (Å²) in [6.45, 7) is 0.163. The van der Waals surface area contributed by atoms with Crippen molar-refractivity contribution in [2.24, 2.45) is 5.92 Å². The van der Waals surface area contributed by atoms with Gasteiger partial charge in [-0.3, -0.25) is 14.6 Å². The van der Waals surface area contributed by atoms with E-state index in [-0.39, 0.29) is 18.9 Å². The fraction of sp³-hybridized carbons (Fsp3) is 0.235. The normalized spacial score (nSPS) is 20.9. The van der Waals surface area contributed by atoms with Crippen molar-refractivity contribution < 1.29 is 19.1 Å². The number of hydrogen-bond acceptors (Lipinski definition) is 3. The van der Waals surface area contributed by atoms with E-state index in [0.29, 0.717) is 16.4 Å². The highest BCUT2D eigenvalue weighted by molar-refractivity contribution is 6.30. The van der Waals surface area contributed by atoms with Gasteiger partial charge in [0.25, 0.3) is 0 Å². The Bertz CT molecular complexity index is 764. The Labute approximate surface area is 142 Å². The minimum atomic E-state index is -1.04. The molecule has 2 atom stereocenters. The minimum Gasteiger partial charge on any atom is -0.481 e. The summed E-state index contributed by atoms with van der Waals surface area (Å²) in [4.78, 5) is 29.6. The molecule has 5 nitrogen and oxygen atoms in total. The Morgan fingerprint density at radius 2 is 1.96 bits per heavy atom. The highest BCUT2D eigenvalue weighted by Gasteiger charge is 2.40. The molecule has 0 spiro atoms. The number of hydrogen-bond donors (Lipinski definition) is 1. The van der Waals surface area contributed by atoms with Crippen LogP contribution in [-0.2, 0) is 9.59 Å². The van der Waals surface area contributed by atoms with E-state index in [0.717, 1.165) is 0 Å². The van der Waals surface area contributed by atoms with Gasteiger partial charge < -0.3 is 10.0 Å². The molecule has 2 unspecified atom stereocenters. The molecular weight excluding hydrogens is 335 g/mol. The lowest BCUT2D eigenvalue weighted by atomic mass is 9.82. The number of rotatable bonds is 3. The number of pyridine rings is 1. The van der Waals surface area contributed by atoms with Gasteiger partial charge in [0.2, 0.25) is 5.91 Å². The van der Waals surface area contributed by atoms with E-state index in [1.165, 1.54) is 35.4 Å². The van der Waals surface area contributed by atoms with Crippen LogP contribution in [0.15, 0.2) is 42.6 Å². The first-order valence-electron chi connectivity index (χ1n) is 7.36. The van der Waals surface area contributed by atoms with Crippen LogP contribution < -0.4 is 4.90 Å². The number of benzene rings is 1. The summed E-state index contributed by atoms with van der Waals surface area (Å²) in [5.74, 6) is -3.07. The lowest BCUT2D eigenvalue weighted by molar-refractivity contribution is -0.145. The monoisotopic (exact) mass is 348 g/mol. The zero-order valence-electron chi connectivity index (χ0n) is 12.5. The van der Waals surface area contributed by atoms with Crippen LogP contribution in [0.25, 0.3) is 0 Å². The number of aromatic nitrogens is 1. The highest BCUT2D eigenvalue weighted by atomic mass is 35.5. The van der Waals surface area contributed by atoms with Gasteiger partial charge in [0.05, 0.1) is 10.9 Å². The SMILES string of the molecule is O=C(O)C1CC(=O)N(c2ccc(F)cc2)CC1c1ccc(Cl)cn1. The van der Waals surface area contributed by atoms with Crippen LogP contribution in [0.3, 0.4) is 0 Å². The topological polar surface area (TPSA) is 70.5 Å². The molecule has 1 aliphatic rings. The van der Waals surface area contributed by atoms with E-state index in [4.69, 9.17) is 11.6 Å². The third-order valence-corrected chi connectivity index (χ3v) is 4.37. The smallest absolute Gasteiger partial charge is 0.307 e. The number of nitrogens with zero attached hydrogens (tertiary/aromatic N) is 2. The number of amides is 1. The number of carboxylic acids is 1. The van der Waals surface area contributed by atoms with Crippen molar-refractivity contribution in [3.05, 3.63) is 59.1 Å². The highest BCUT2D eigenvalue weighted by Crippen LogP contribution is 2.35. The molecule has 0 saturated carbocycles. The average Bonchev–Trinajstić information content (AvgIpc) is 2.56. The molecular formula is C17H14ClFN2O3. The first-order chi connectivity index (χ1) is 11.5. The maximum absolute atomic E-state index is 13.1. The summed E-state index contributed by atoms with van der Waals surface area (Å²) in [5, 5.41) is 9.91. The number of halogens is 2. The standard InChI is InChI=1S/C17H14ClFN2O3/c18-10-1-6-15(20-8-10)14-9-21(12-4-2-11(19)3-5-12)16(22)7-13(14)17(23)24/h1-6,8,13-14H,7,9H2,(H,23,24). The third-order valence-electron chi connectivity index (χ3n) is 4.15. The first kappa shape index (κ1) is 16.4. The summed E-state index contributed by atoms with van der Waals surface area (Å²) in [7, 11) is 0. The molecule has 1 N–H and O–H groups in total. The first-order valence-corrected chi connectivity index (χ1v) is 7.73. The van der Waals surface area contributed by atoms with E-state index in [1.54, 1.807) is 12.1 Å². The fourth-order valence-electron chi connectivity index (χ4n) is 2.90. The maximum atomic E-state index is 13.1. The molecule has 0 bridgehead atoms. The number of piperidine rings is 1. The molecule has 24 heavy (non-hydrogen) atoms. The van der Waals surface area contributed by atoms with Gasteiger partial charge in [0.15, 0.2) is 0 Å². The van der Waals surface area contributed by atoms with Gasteiger partial charge in [-0.1, -0.05) is 11.6 Å². The van der Waals surface area contributed by atoms with Crippen LogP contribution in [-0.4, -0.2) is 28.5 Å². The second-order valence-corrected chi connectivity index (χ2v) is 6.07. The summed E-state index contributed by atoms with van der Waals surface area (Å²) < 4.78 is 13.1. The molecule has 1 amide bonds. The molecule has 7 heteroatoms. The summed E-state index contributed by atoms with van der Waals surface area (Å²) in [6.07, 6.45) is 1.32. The Hall–Kier alpha value is -2.47. The molecule has 1 aliphatic heterocycles. The Balaban J connectivity index is 1.94. The van der Waals surface area contributed by atoms with Crippen molar-refractivity contribution in [1.29, 1.82) is 0 Å². The largest absolute Gasteiger partial charge is 0.481 e. The number of anilines is 1. The minimum absolute atomic E-state index is 0.137. The van der Waals surface area contributed by atoms with E-state index in [2.05, 4.69) is 4.98 Å². The third kappa shape index (κ3) is 3.23. The van der Waals surface area contributed by atoms with Crippen molar-refractivity contribution in [2.45, 2.75) is 12.3 Å². The Morgan fingerprint density at radius 3 is 2.54 bits per heavy atom. The second kappa shape index (κ2) is 6.57. The predicted molar refractivity (Wildman–Crippen MR) is 86.5 cm³/mol. The quantitative estimate of drug-likeness (QED) is 0.925. The van der Waals surface area contributed by atoms with Gasteiger partial charge in [-0.05, 0) is 36.4 Å². The molecule has 2 heterocycles. The van der Waals surface area contributed by atoms with Crippen LogP contribution >= 0.6 is 11.6 Å². The molecule has 1 aromatic carbocycles. The van der Waals surface area contributed by atoms with E-state index in [1.807, 2.05) is 0 Å². The van der Waals surface area contributed by atoms with Gasteiger partial charge >= 0.3 is 5.97 Å².